The first-order chi connectivity index (χ1) is 7.76. The van der Waals surface area contributed by atoms with Crippen molar-refractivity contribution in [3.8, 4) is 0 Å². The number of benzene rings is 1. The van der Waals surface area contributed by atoms with Crippen LogP contribution in [0.25, 0.3) is 10.9 Å². The highest BCUT2D eigenvalue weighted by atomic mass is 15.0. The SMILES string of the molecule is CCNCc1cn(CC)c2cc(C)ccc12. The molecule has 2 aromatic rings. The number of hydrogen-bond donors (Lipinski definition) is 1. The fraction of sp³-hybridized carbons (Fsp3) is 0.429. The molecule has 0 saturated carbocycles. The molecule has 1 N–H and O–H groups in total. The van der Waals surface area contributed by atoms with Crippen molar-refractivity contribution >= 4 is 10.9 Å². The van der Waals surface area contributed by atoms with Gasteiger partial charge in [-0.3, -0.25) is 0 Å². The van der Waals surface area contributed by atoms with E-state index in [0.717, 1.165) is 19.6 Å². The Balaban J connectivity index is 2.50. The van der Waals surface area contributed by atoms with Crippen LogP contribution in [0.15, 0.2) is 24.4 Å². The normalized spacial score (nSPS) is 11.2. The standard InChI is InChI=1S/C14H20N2/c1-4-15-9-12-10-16(5-2)14-8-11(3)6-7-13(12)14/h6-8,10,15H,4-5,9H2,1-3H3. The highest BCUT2D eigenvalue weighted by molar-refractivity contribution is 5.84. The average Bonchev–Trinajstić information content (AvgIpc) is 2.63. The van der Waals surface area contributed by atoms with Crippen molar-refractivity contribution in [2.24, 2.45) is 0 Å². The molecule has 0 saturated heterocycles. The van der Waals surface area contributed by atoms with Crippen molar-refractivity contribution in [1.82, 2.24) is 9.88 Å². The third-order valence-electron chi connectivity index (χ3n) is 3.03. The molecule has 0 spiro atoms. The van der Waals surface area contributed by atoms with Crippen molar-refractivity contribution in [2.75, 3.05) is 6.54 Å². The van der Waals surface area contributed by atoms with Gasteiger partial charge in [0.05, 0.1) is 0 Å². The first kappa shape index (κ1) is 11.2. The lowest BCUT2D eigenvalue weighted by Crippen LogP contribution is -2.11. The first-order valence-electron chi connectivity index (χ1n) is 6.05. The molecule has 2 rings (SSSR count). The summed E-state index contributed by atoms with van der Waals surface area (Å²) in [4.78, 5) is 0. The van der Waals surface area contributed by atoms with E-state index in [2.05, 4.69) is 55.1 Å². The maximum atomic E-state index is 3.40. The molecular weight excluding hydrogens is 196 g/mol. The highest BCUT2D eigenvalue weighted by Gasteiger charge is 2.06. The summed E-state index contributed by atoms with van der Waals surface area (Å²) in [5.74, 6) is 0. The van der Waals surface area contributed by atoms with E-state index >= 15 is 0 Å². The van der Waals surface area contributed by atoms with Gasteiger partial charge < -0.3 is 9.88 Å². The zero-order valence-corrected chi connectivity index (χ0v) is 10.4. The van der Waals surface area contributed by atoms with Gasteiger partial charge in [-0.25, -0.2) is 0 Å². The number of hydrogen-bond acceptors (Lipinski definition) is 1. The van der Waals surface area contributed by atoms with Gasteiger partial charge in [0.2, 0.25) is 0 Å². The monoisotopic (exact) mass is 216 g/mol. The maximum absolute atomic E-state index is 3.40. The van der Waals surface area contributed by atoms with Gasteiger partial charge >= 0.3 is 0 Å². The van der Waals surface area contributed by atoms with E-state index in [4.69, 9.17) is 0 Å². The fourth-order valence-electron chi connectivity index (χ4n) is 2.14. The minimum absolute atomic E-state index is 0.961. The molecule has 1 aromatic heterocycles. The largest absolute Gasteiger partial charge is 0.347 e. The summed E-state index contributed by atoms with van der Waals surface area (Å²) in [6.45, 7) is 9.50. The smallest absolute Gasteiger partial charge is 0.0486 e. The van der Waals surface area contributed by atoms with E-state index in [1.54, 1.807) is 0 Å². The number of fused-ring (bicyclic) bond motifs is 1. The zero-order valence-electron chi connectivity index (χ0n) is 10.4. The molecule has 2 heteroatoms. The molecule has 0 aliphatic rings. The van der Waals surface area contributed by atoms with Crippen LogP contribution in [0.3, 0.4) is 0 Å². The Morgan fingerprint density at radius 3 is 2.75 bits per heavy atom. The quantitative estimate of drug-likeness (QED) is 0.831. The summed E-state index contributed by atoms with van der Waals surface area (Å²) in [5, 5.41) is 4.78. The van der Waals surface area contributed by atoms with Gasteiger partial charge in [0.25, 0.3) is 0 Å². The predicted octanol–water partition coefficient (Wildman–Crippen LogP) is 3.08. The summed E-state index contributed by atoms with van der Waals surface area (Å²) < 4.78 is 2.33. The number of aromatic nitrogens is 1. The molecule has 86 valence electrons. The lowest BCUT2D eigenvalue weighted by Gasteiger charge is -2.01. The van der Waals surface area contributed by atoms with Crippen LogP contribution in [0.1, 0.15) is 25.0 Å². The van der Waals surface area contributed by atoms with Gasteiger partial charge in [0.15, 0.2) is 0 Å². The van der Waals surface area contributed by atoms with Gasteiger partial charge in [-0.1, -0.05) is 19.1 Å². The lowest BCUT2D eigenvalue weighted by atomic mass is 10.1. The van der Waals surface area contributed by atoms with E-state index in [1.165, 1.54) is 22.0 Å². The van der Waals surface area contributed by atoms with Gasteiger partial charge in [0, 0.05) is 30.2 Å². The van der Waals surface area contributed by atoms with E-state index in [-0.39, 0.29) is 0 Å². The van der Waals surface area contributed by atoms with E-state index in [0.29, 0.717) is 0 Å². The molecule has 0 aliphatic heterocycles. The van der Waals surface area contributed by atoms with Gasteiger partial charge in [-0.2, -0.15) is 0 Å². The Bertz CT molecular complexity index is 483. The minimum atomic E-state index is 0.961. The van der Waals surface area contributed by atoms with Crippen LogP contribution >= 0.6 is 0 Å². The third-order valence-corrected chi connectivity index (χ3v) is 3.03. The predicted molar refractivity (Wildman–Crippen MR) is 69.7 cm³/mol. The molecule has 0 atom stereocenters. The van der Waals surface area contributed by atoms with E-state index < -0.39 is 0 Å². The summed E-state index contributed by atoms with van der Waals surface area (Å²) in [5.41, 5.74) is 4.09. The van der Waals surface area contributed by atoms with Crippen molar-refractivity contribution in [3.05, 3.63) is 35.5 Å². The Labute approximate surface area is 97.3 Å². The van der Waals surface area contributed by atoms with E-state index in [1.807, 2.05) is 0 Å². The van der Waals surface area contributed by atoms with Gasteiger partial charge in [-0.15, -0.1) is 0 Å². The molecular formula is C14H20N2. The second-order valence-corrected chi connectivity index (χ2v) is 4.24. The van der Waals surface area contributed by atoms with Crippen molar-refractivity contribution in [3.63, 3.8) is 0 Å². The molecule has 0 radical (unpaired) electrons. The van der Waals surface area contributed by atoms with E-state index in [9.17, 15) is 0 Å². The molecule has 1 heterocycles. The van der Waals surface area contributed by atoms with Crippen LogP contribution in [-0.2, 0) is 13.1 Å². The van der Waals surface area contributed by atoms with Crippen molar-refractivity contribution < 1.29 is 0 Å². The van der Waals surface area contributed by atoms with Crippen LogP contribution in [0.2, 0.25) is 0 Å². The Morgan fingerprint density at radius 1 is 1.25 bits per heavy atom. The second kappa shape index (κ2) is 4.71. The third kappa shape index (κ3) is 1.98. The number of nitrogens with one attached hydrogen (secondary N) is 1. The van der Waals surface area contributed by atoms with Crippen LogP contribution in [0, 0.1) is 6.92 Å². The molecule has 1 aromatic carbocycles. The van der Waals surface area contributed by atoms with Crippen molar-refractivity contribution in [2.45, 2.75) is 33.9 Å². The summed E-state index contributed by atoms with van der Waals surface area (Å²) >= 11 is 0. The summed E-state index contributed by atoms with van der Waals surface area (Å²) in [7, 11) is 0. The second-order valence-electron chi connectivity index (χ2n) is 4.24. The molecule has 0 bridgehead atoms. The number of rotatable bonds is 4. The van der Waals surface area contributed by atoms with Crippen LogP contribution in [0.4, 0.5) is 0 Å². The van der Waals surface area contributed by atoms with Crippen LogP contribution in [-0.4, -0.2) is 11.1 Å². The molecule has 0 fully saturated rings. The van der Waals surface area contributed by atoms with Crippen LogP contribution in [0.5, 0.6) is 0 Å². The summed E-state index contributed by atoms with van der Waals surface area (Å²) in [6, 6.07) is 6.70. The van der Waals surface area contributed by atoms with Crippen molar-refractivity contribution in [1.29, 1.82) is 0 Å². The Morgan fingerprint density at radius 2 is 2.06 bits per heavy atom. The Kier molecular flexibility index (Phi) is 3.30. The molecule has 2 nitrogen and oxygen atoms in total. The summed E-state index contributed by atoms with van der Waals surface area (Å²) in [6.07, 6.45) is 2.27. The lowest BCUT2D eigenvalue weighted by molar-refractivity contribution is 0.721. The maximum Gasteiger partial charge on any atom is 0.0486 e. The van der Waals surface area contributed by atoms with Gasteiger partial charge in [-0.05, 0) is 37.6 Å². The zero-order chi connectivity index (χ0) is 11.5. The number of nitrogens with zero attached hydrogens (tertiary/aromatic N) is 1. The molecule has 0 aliphatic carbocycles. The molecule has 0 amide bonds. The first-order valence-corrected chi connectivity index (χ1v) is 6.05. The topological polar surface area (TPSA) is 17.0 Å². The number of aryl methyl sites for hydroxylation is 2. The van der Waals surface area contributed by atoms with Gasteiger partial charge in [0.1, 0.15) is 0 Å². The fourth-order valence-corrected chi connectivity index (χ4v) is 2.14. The molecule has 16 heavy (non-hydrogen) atoms. The highest BCUT2D eigenvalue weighted by Crippen LogP contribution is 2.22. The average molecular weight is 216 g/mol. The molecule has 0 unspecified atom stereocenters. The minimum Gasteiger partial charge on any atom is -0.347 e. The van der Waals surface area contributed by atoms with Crippen LogP contribution < -0.4 is 5.32 Å². The Hall–Kier alpha value is -1.28.